The Morgan fingerprint density at radius 1 is 1.25 bits per heavy atom. The molecule has 0 radical (unpaired) electrons. The third-order valence-corrected chi connectivity index (χ3v) is 5.63. The molecule has 4 rings (SSSR count). The molecule has 142 valence electrons. The highest BCUT2D eigenvalue weighted by Gasteiger charge is 2.15. The summed E-state index contributed by atoms with van der Waals surface area (Å²) < 4.78 is 6.26. The number of thiophene rings is 1. The van der Waals surface area contributed by atoms with Crippen LogP contribution in [-0.2, 0) is 17.8 Å². The summed E-state index contributed by atoms with van der Waals surface area (Å²) in [7, 11) is 1.57. The fraction of sp³-hybridized carbons (Fsp3) is 0.150. The molecule has 2 N–H and O–H groups in total. The topological polar surface area (TPSA) is 84.3 Å². The molecular weight excluding hydrogens is 398 g/mol. The number of halogens is 1. The van der Waals surface area contributed by atoms with E-state index < -0.39 is 5.97 Å². The maximum absolute atomic E-state index is 11.1. The standard InChI is InChI=1S/C20H16ClN3O3S/c1-27-14-7-6-11(8-13(14)21)10-22-19-18-12-4-2-3-5-15(12)28-20(18)24-16(23-19)9-17(25)26/h2-8H,9-10H2,1H3,(H,25,26)(H,22,23,24). The Morgan fingerprint density at radius 3 is 2.82 bits per heavy atom. The lowest BCUT2D eigenvalue weighted by Gasteiger charge is -2.10. The van der Waals surface area contributed by atoms with E-state index >= 15 is 0 Å². The van der Waals surface area contributed by atoms with E-state index in [1.807, 2.05) is 42.5 Å². The van der Waals surface area contributed by atoms with Crippen molar-refractivity contribution in [3.63, 3.8) is 0 Å². The summed E-state index contributed by atoms with van der Waals surface area (Å²) in [6, 6.07) is 13.5. The molecule has 0 fully saturated rings. The van der Waals surface area contributed by atoms with Crippen LogP contribution in [0.5, 0.6) is 5.75 Å². The number of ether oxygens (including phenoxy) is 1. The monoisotopic (exact) mass is 413 g/mol. The molecule has 0 spiro atoms. The lowest BCUT2D eigenvalue weighted by Crippen LogP contribution is -2.08. The number of hydrogen-bond acceptors (Lipinski definition) is 6. The summed E-state index contributed by atoms with van der Waals surface area (Å²) >= 11 is 7.73. The first-order chi connectivity index (χ1) is 13.5. The van der Waals surface area contributed by atoms with Gasteiger partial charge in [-0.15, -0.1) is 11.3 Å². The predicted octanol–water partition coefficient (Wildman–Crippen LogP) is 4.75. The first-order valence-corrected chi connectivity index (χ1v) is 9.71. The molecule has 4 aromatic rings. The number of benzene rings is 2. The lowest BCUT2D eigenvalue weighted by atomic mass is 10.2. The zero-order chi connectivity index (χ0) is 19.7. The van der Waals surface area contributed by atoms with E-state index in [4.69, 9.17) is 21.4 Å². The van der Waals surface area contributed by atoms with E-state index in [1.54, 1.807) is 7.11 Å². The van der Waals surface area contributed by atoms with Crippen molar-refractivity contribution in [1.29, 1.82) is 0 Å². The Balaban J connectivity index is 1.75. The Kier molecular flexibility index (Phi) is 5.02. The van der Waals surface area contributed by atoms with Gasteiger partial charge in [-0.3, -0.25) is 4.79 Å². The first kappa shape index (κ1) is 18.5. The molecule has 28 heavy (non-hydrogen) atoms. The number of methoxy groups -OCH3 is 1. The van der Waals surface area contributed by atoms with Crippen molar-refractivity contribution in [3.05, 3.63) is 58.9 Å². The largest absolute Gasteiger partial charge is 0.495 e. The first-order valence-electron chi connectivity index (χ1n) is 8.51. The highest BCUT2D eigenvalue weighted by Crippen LogP contribution is 2.36. The number of carbonyl (C=O) groups is 1. The van der Waals surface area contributed by atoms with E-state index in [9.17, 15) is 4.79 Å². The third kappa shape index (κ3) is 3.58. The van der Waals surface area contributed by atoms with E-state index in [2.05, 4.69) is 15.3 Å². The minimum absolute atomic E-state index is 0.229. The number of aliphatic carboxylic acids is 1. The van der Waals surface area contributed by atoms with E-state index in [1.165, 1.54) is 11.3 Å². The average molecular weight is 414 g/mol. The molecular formula is C20H16ClN3O3S. The second-order valence-corrected chi connectivity index (χ2v) is 7.60. The Labute approximate surface area is 169 Å². The van der Waals surface area contributed by atoms with Gasteiger partial charge in [0.15, 0.2) is 0 Å². The van der Waals surface area contributed by atoms with Crippen molar-refractivity contribution in [2.45, 2.75) is 13.0 Å². The van der Waals surface area contributed by atoms with Crippen molar-refractivity contribution in [1.82, 2.24) is 9.97 Å². The van der Waals surface area contributed by atoms with Gasteiger partial charge in [0.05, 0.1) is 17.5 Å². The van der Waals surface area contributed by atoms with Crippen LogP contribution < -0.4 is 10.1 Å². The van der Waals surface area contributed by atoms with Gasteiger partial charge in [-0.2, -0.15) is 0 Å². The average Bonchev–Trinajstić information content (AvgIpc) is 3.04. The molecule has 6 nitrogen and oxygen atoms in total. The number of carboxylic acids is 1. The molecule has 0 unspecified atom stereocenters. The molecule has 2 aromatic heterocycles. The fourth-order valence-electron chi connectivity index (χ4n) is 3.02. The maximum Gasteiger partial charge on any atom is 0.311 e. The second kappa shape index (κ2) is 7.61. The van der Waals surface area contributed by atoms with Gasteiger partial charge in [0.25, 0.3) is 0 Å². The zero-order valence-corrected chi connectivity index (χ0v) is 16.5. The molecule has 0 amide bonds. The van der Waals surface area contributed by atoms with Gasteiger partial charge in [0.1, 0.15) is 28.6 Å². The van der Waals surface area contributed by atoms with Crippen LogP contribution in [0.15, 0.2) is 42.5 Å². The number of anilines is 1. The SMILES string of the molecule is COc1ccc(CNc2nc(CC(=O)O)nc3sc4ccccc4c23)cc1Cl. The molecule has 0 saturated carbocycles. The smallest absolute Gasteiger partial charge is 0.311 e. The molecule has 0 aliphatic carbocycles. The normalized spacial score (nSPS) is 11.1. The molecule has 0 saturated heterocycles. The highest BCUT2D eigenvalue weighted by atomic mass is 35.5. The van der Waals surface area contributed by atoms with Crippen LogP contribution >= 0.6 is 22.9 Å². The van der Waals surface area contributed by atoms with Crippen molar-refractivity contribution in [2.24, 2.45) is 0 Å². The third-order valence-electron chi connectivity index (χ3n) is 4.27. The van der Waals surface area contributed by atoms with Gasteiger partial charge in [-0.1, -0.05) is 35.9 Å². The van der Waals surface area contributed by atoms with E-state index in [-0.39, 0.29) is 12.2 Å². The van der Waals surface area contributed by atoms with Gasteiger partial charge in [0, 0.05) is 16.6 Å². The number of rotatable bonds is 6. The lowest BCUT2D eigenvalue weighted by molar-refractivity contribution is -0.136. The number of aromatic nitrogens is 2. The van der Waals surface area contributed by atoms with Gasteiger partial charge in [-0.25, -0.2) is 9.97 Å². The predicted molar refractivity (Wildman–Crippen MR) is 112 cm³/mol. The van der Waals surface area contributed by atoms with Crippen LogP contribution in [0.2, 0.25) is 5.02 Å². The van der Waals surface area contributed by atoms with Crippen molar-refractivity contribution in [3.8, 4) is 5.75 Å². The number of nitrogens with zero attached hydrogens (tertiary/aromatic N) is 2. The second-order valence-electron chi connectivity index (χ2n) is 6.16. The van der Waals surface area contributed by atoms with Crippen molar-refractivity contribution < 1.29 is 14.6 Å². The number of fused-ring (bicyclic) bond motifs is 3. The minimum Gasteiger partial charge on any atom is -0.495 e. The quantitative estimate of drug-likeness (QED) is 0.474. The Hall–Kier alpha value is -2.90. The molecule has 8 heteroatoms. The van der Waals surface area contributed by atoms with Gasteiger partial charge in [0.2, 0.25) is 0 Å². The summed E-state index contributed by atoms with van der Waals surface area (Å²) in [6.45, 7) is 0.479. The summed E-state index contributed by atoms with van der Waals surface area (Å²) in [6.07, 6.45) is -0.229. The van der Waals surface area contributed by atoms with Crippen LogP contribution in [0, 0.1) is 0 Å². The van der Waals surface area contributed by atoms with Crippen molar-refractivity contribution in [2.75, 3.05) is 12.4 Å². The van der Waals surface area contributed by atoms with Gasteiger partial charge in [-0.05, 0) is 23.8 Å². The van der Waals surface area contributed by atoms with Crippen LogP contribution in [0.25, 0.3) is 20.3 Å². The van der Waals surface area contributed by atoms with E-state index in [0.717, 1.165) is 25.9 Å². The summed E-state index contributed by atoms with van der Waals surface area (Å²) in [4.78, 5) is 20.8. The summed E-state index contributed by atoms with van der Waals surface area (Å²) in [5.41, 5.74) is 0.955. The maximum atomic E-state index is 11.1. The zero-order valence-electron chi connectivity index (χ0n) is 14.9. The molecule has 0 bridgehead atoms. The molecule has 0 atom stereocenters. The number of nitrogens with one attached hydrogen (secondary N) is 1. The van der Waals surface area contributed by atoms with Crippen LogP contribution in [0.4, 0.5) is 5.82 Å². The Morgan fingerprint density at radius 2 is 2.07 bits per heavy atom. The minimum atomic E-state index is -0.964. The van der Waals surface area contributed by atoms with Crippen molar-refractivity contribution >= 4 is 55.0 Å². The van der Waals surface area contributed by atoms with Crippen LogP contribution in [-0.4, -0.2) is 28.2 Å². The molecule has 2 aromatic carbocycles. The summed E-state index contributed by atoms with van der Waals surface area (Å²) in [5, 5.41) is 14.9. The molecule has 2 heterocycles. The van der Waals surface area contributed by atoms with Gasteiger partial charge >= 0.3 is 5.97 Å². The fourth-order valence-corrected chi connectivity index (χ4v) is 4.39. The van der Waals surface area contributed by atoms with Gasteiger partial charge < -0.3 is 15.2 Å². The number of carboxylic acid groups (broad SMARTS) is 1. The summed E-state index contributed by atoms with van der Waals surface area (Å²) in [5.74, 6) is 0.545. The molecule has 0 aliphatic heterocycles. The van der Waals surface area contributed by atoms with E-state index in [0.29, 0.717) is 23.1 Å². The molecule has 0 aliphatic rings. The highest BCUT2D eigenvalue weighted by molar-refractivity contribution is 7.25. The number of hydrogen-bond donors (Lipinski definition) is 2. The van der Waals surface area contributed by atoms with Crippen LogP contribution in [0.3, 0.4) is 0 Å². The Bertz CT molecular complexity index is 1190. The van der Waals surface area contributed by atoms with Crippen LogP contribution in [0.1, 0.15) is 11.4 Å².